The standard InChI is InChI=1S/2C6H6N6O2.Cd.O2/c2*13-6(14)5(3-1-7-11-9-3)4-2-8-12-10-4;;1-2/h2*1-2,5H,(H,13,14)(H,7,9,11)(H,8,10,12);;/q;;+2;/p-2. The Balaban J connectivity index is 0.000000279. The van der Waals surface area contributed by atoms with Crippen molar-refractivity contribution in [2.24, 2.45) is 0 Å². The Hall–Kier alpha value is -3.98. The maximum Gasteiger partial charge on any atom is 2.00 e. The van der Waals surface area contributed by atoms with Gasteiger partial charge in [-0.3, -0.25) is 0 Å². The van der Waals surface area contributed by atoms with Gasteiger partial charge in [0.05, 0.1) is 71.3 Å². The monoisotopic (exact) mass is 532 g/mol. The summed E-state index contributed by atoms with van der Waals surface area (Å²) < 4.78 is 0. The van der Waals surface area contributed by atoms with Crippen molar-refractivity contribution in [2.75, 3.05) is 0 Å². The molecule has 0 saturated carbocycles. The van der Waals surface area contributed by atoms with Crippen LogP contribution in [0.1, 0.15) is 34.6 Å². The number of aromatic amines is 4. The third-order valence-electron chi connectivity index (χ3n) is 3.39. The number of carboxylic acid groups (broad SMARTS) is 2. The fraction of sp³-hybridized carbons (Fsp3) is 0.167. The maximum atomic E-state index is 10.8. The predicted molar refractivity (Wildman–Crippen MR) is 86.0 cm³/mol. The van der Waals surface area contributed by atoms with Crippen LogP contribution in [0.3, 0.4) is 0 Å². The molecule has 0 aromatic carbocycles. The molecule has 0 bridgehead atoms. The average molecular weight is 531 g/mol. The molecule has 0 fully saturated rings. The first kappa shape index (κ1) is 25.1. The topological polar surface area (TPSA) is 281 Å². The molecule has 0 amide bonds. The molecule has 0 atom stereocenters. The van der Waals surface area contributed by atoms with Crippen molar-refractivity contribution in [2.45, 2.75) is 11.8 Å². The first-order chi connectivity index (χ1) is 14.6. The van der Waals surface area contributed by atoms with E-state index in [0.717, 1.165) is 0 Å². The molecule has 4 aromatic rings. The van der Waals surface area contributed by atoms with Gasteiger partial charge >= 0.3 is 27.3 Å². The molecule has 156 valence electrons. The minimum Gasteiger partial charge on any atom is -0.549 e. The minimum absolute atomic E-state index is 0. The van der Waals surface area contributed by atoms with Gasteiger partial charge in [-0.1, -0.05) is 0 Å². The van der Waals surface area contributed by atoms with E-state index in [1.54, 1.807) is 0 Å². The van der Waals surface area contributed by atoms with Crippen LogP contribution < -0.4 is 10.2 Å². The summed E-state index contributed by atoms with van der Waals surface area (Å²) in [6.45, 7) is 0. The van der Waals surface area contributed by atoms with Gasteiger partial charge in [-0.25, -0.2) is 0 Å². The van der Waals surface area contributed by atoms with Gasteiger partial charge in [0.25, 0.3) is 0 Å². The fourth-order valence-electron chi connectivity index (χ4n) is 2.18. The molecule has 19 heteroatoms. The molecule has 4 N–H and O–H groups in total. The molecule has 4 rings (SSSR count). The Morgan fingerprint density at radius 1 is 0.613 bits per heavy atom. The van der Waals surface area contributed by atoms with Crippen molar-refractivity contribution in [3.63, 3.8) is 0 Å². The Morgan fingerprint density at radius 2 is 0.839 bits per heavy atom. The van der Waals surface area contributed by atoms with Gasteiger partial charge in [0.15, 0.2) is 0 Å². The summed E-state index contributed by atoms with van der Waals surface area (Å²) in [7, 11) is 0. The number of aliphatic carboxylic acids is 2. The van der Waals surface area contributed by atoms with E-state index in [0.29, 0.717) is 0 Å². The molecule has 4 heterocycles. The molecule has 0 spiro atoms. The molecular formula is C12H10CdN12O6. The van der Waals surface area contributed by atoms with E-state index in [1.807, 2.05) is 0 Å². The number of hydrogen-bond acceptors (Lipinski definition) is 14. The number of H-pyrrole nitrogens is 4. The zero-order valence-corrected chi connectivity index (χ0v) is 19.2. The number of nitrogens with zero attached hydrogens (tertiary/aromatic N) is 8. The third kappa shape index (κ3) is 6.51. The molecule has 0 saturated heterocycles. The minimum atomic E-state index is -1.30. The number of carbonyl (C=O) groups excluding carboxylic acids is 2. The van der Waals surface area contributed by atoms with Gasteiger partial charge < -0.3 is 19.8 Å². The first-order valence-electron chi connectivity index (χ1n) is 7.59. The summed E-state index contributed by atoms with van der Waals surface area (Å²) in [5.74, 6) is -4.69. The van der Waals surface area contributed by atoms with Crippen molar-refractivity contribution < 1.29 is 47.1 Å². The van der Waals surface area contributed by atoms with Gasteiger partial charge in [-0.15, -0.1) is 0 Å². The largest absolute Gasteiger partial charge is 2.00 e. The van der Waals surface area contributed by atoms with Crippen LogP contribution in [0.15, 0.2) is 24.8 Å². The van der Waals surface area contributed by atoms with Crippen LogP contribution >= 0.6 is 0 Å². The Bertz CT molecular complexity index is 856. The van der Waals surface area contributed by atoms with Crippen LogP contribution in [0, 0.1) is 9.93 Å². The molecule has 0 aliphatic heterocycles. The molecule has 0 aliphatic rings. The van der Waals surface area contributed by atoms with Gasteiger partial charge in [0, 0.05) is 9.93 Å². The Labute approximate surface area is 190 Å². The van der Waals surface area contributed by atoms with Crippen LogP contribution in [-0.4, -0.2) is 73.6 Å². The summed E-state index contributed by atoms with van der Waals surface area (Å²) in [5.41, 5.74) is 0.940. The second-order valence-electron chi connectivity index (χ2n) is 5.08. The summed E-state index contributed by atoms with van der Waals surface area (Å²) >= 11 is 0. The van der Waals surface area contributed by atoms with E-state index in [1.165, 1.54) is 24.8 Å². The van der Waals surface area contributed by atoms with Crippen molar-refractivity contribution in [1.82, 2.24) is 61.6 Å². The number of carbonyl (C=O) groups is 2. The van der Waals surface area contributed by atoms with Crippen molar-refractivity contribution in [1.29, 1.82) is 0 Å². The molecule has 0 aliphatic carbocycles. The Kier molecular flexibility index (Phi) is 10.1. The van der Waals surface area contributed by atoms with E-state index in [2.05, 4.69) is 61.6 Å². The predicted octanol–water partition coefficient (Wildman–Crippen LogP) is -4.33. The van der Waals surface area contributed by atoms with E-state index in [-0.39, 0.29) is 50.1 Å². The summed E-state index contributed by atoms with van der Waals surface area (Å²) in [6.07, 6.45) is 5.20. The normalized spacial score (nSPS) is 9.74. The second kappa shape index (κ2) is 12.6. The van der Waals surface area contributed by atoms with E-state index < -0.39 is 23.8 Å². The number of carboxylic acids is 2. The Morgan fingerprint density at radius 3 is 0.968 bits per heavy atom. The van der Waals surface area contributed by atoms with Crippen molar-refractivity contribution >= 4 is 11.9 Å². The number of hydrogen-bond donors (Lipinski definition) is 4. The number of nitrogens with one attached hydrogen (secondary N) is 4. The quantitative estimate of drug-likeness (QED) is 0.171. The molecule has 0 unspecified atom stereocenters. The smallest absolute Gasteiger partial charge is 0.549 e. The summed E-state index contributed by atoms with van der Waals surface area (Å²) in [4.78, 5) is 35.6. The zero-order chi connectivity index (χ0) is 21.9. The summed E-state index contributed by atoms with van der Waals surface area (Å²) in [6, 6.07) is 0. The third-order valence-corrected chi connectivity index (χ3v) is 3.39. The first-order valence-corrected chi connectivity index (χ1v) is 7.59. The maximum absolute atomic E-state index is 10.8. The van der Waals surface area contributed by atoms with Gasteiger partial charge in [-0.2, -0.15) is 61.6 Å². The van der Waals surface area contributed by atoms with Gasteiger partial charge in [0.2, 0.25) is 0 Å². The van der Waals surface area contributed by atoms with E-state index in [9.17, 15) is 19.8 Å². The van der Waals surface area contributed by atoms with Crippen LogP contribution in [-0.2, 0) is 36.9 Å². The zero-order valence-electron chi connectivity index (χ0n) is 15.2. The SMILES string of the molecule is O=C([O-])C(c1cn[nH]n1)c1cn[nH]n1.O=C([O-])C(c1cn[nH]n1)c1cn[nH]n1.O=O.[Cd+2]. The molecule has 0 radical (unpaired) electrons. The van der Waals surface area contributed by atoms with Crippen LogP contribution in [0.25, 0.3) is 0 Å². The average Bonchev–Trinajstić information content (AvgIpc) is 3.53. The van der Waals surface area contributed by atoms with E-state index in [4.69, 9.17) is 9.93 Å². The number of rotatable bonds is 6. The molecule has 4 aromatic heterocycles. The molecule has 18 nitrogen and oxygen atoms in total. The van der Waals surface area contributed by atoms with Crippen LogP contribution in [0.2, 0.25) is 0 Å². The van der Waals surface area contributed by atoms with Gasteiger partial charge in [0.1, 0.15) is 0 Å². The van der Waals surface area contributed by atoms with Gasteiger partial charge in [-0.05, 0) is 0 Å². The second-order valence-corrected chi connectivity index (χ2v) is 5.08. The molecule has 31 heavy (non-hydrogen) atoms. The number of aromatic nitrogens is 12. The van der Waals surface area contributed by atoms with Crippen molar-refractivity contribution in [3.8, 4) is 0 Å². The molecular weight excluding hydrogens is 521 g/mol. The van der Waals surface area contributed by atoms with E-state index >= 15 is 0 Å². The summed E-state index contributed by atoms with van der Waals surface area (Å²) in [5, 5.41) is 59.6. The fourth-order valence-corrected chi connectivity index (χ4v) is 2.18. The van der Waals surface area contributed by atoms with Crippen LogP contribution in [0.5, 0.6) is 0 Å². The van der Waals surface area contributed by atoms with Crippen molar-refractivity contribution in [3.05, 3.63) is 57.5 Å². The van der Waals surface area contributed by atoms with Crippen LogP contribution in [0.4, 0.5) is 0 Å².